The molecule has 0 spiro atoms. The van der Waals surface area contributed by atoms with Crippen LogP contribution in [0.4, 0.5) is 13.2 Å². The summed E-state index contributed by atoms with van der Waals surface area (Å²) in [5, 5.41) is 11.1. The van der Waals surface area contributed by atoms with Crippen molar-refractivity contribution in [1.82, 2.24) is 0 Å². The molecule has 4 atom stereocenters. The maximum atomic E-state index is 13.0. The number of hydrogen-bond acceptors (Lipinski definition) is 3. The number of alkyl halides is 3. The molecular weight excluding hydrogens is 537 g/mol. The Hall–Kier alpha value is -3.65. The third kappa shape index (κ3) is 4.79. The van der Waals surface area contributed by atoms with Gasteiger partial charge < -0.3 is 5.11 Å². The van der Waals surface area contributed by atoms with Gasteiger partial charge in [0, 0.05) is 6.26 Å². The van der Waals surface area contributed by atoms with E-state index in [1.807, 2.05) is 24.3 Å². The van der Waals surface area contributed by atoms with Crippen LogP contribution in [0.5, 0.6) is 0 Å². The highest BCUT2D eigenvalue weighted by atomic mass is 32.2. The second-order valence-electron chi connectivity index (χ2n) is 11.2. The molecule has 40 heavy (non-hydrogen) atoms. The topological polar surface area (TPSA) is 71.4 Å². The van der Waals surface area contributed by atoms with Gasteiger partial charge in [-0.05, 0) is 106 Å². The lowest BCUT2D eigenvalue weighted by molar-refractivity contribution is -0.137. The van der Waals surface area contributed by atoms with Crippen molar-refractivity contribution in [1.29, 1.82) is 0 Å². The monoisotopic (exact) mass is 564 g/mol. The highest BCUT2D eigenvalue weighted by Crippen LogP contribution is 2.55. The SMILES string of the molecule is CS(=O)(=O)C1C[C@H]2C[C@@H]1C[C@@H]2c1ccc(-c2cc(C(=O)O)cc3cc(-c4ccc(C(F)(F)F)cc4)ccc23)cc1. The Morgan fingerprint density at radius 2 is 1.45 bits per heavy atom. The lowest BCUT2D eigenvalue weighted by atomic mass is 9.82. The van der Waals surface area contributed by atoms with Gasteiger partial charge in [0.15, 0.2) is 9.84 Å². The van der Waals surface area contributed by atoms with Crippen LogP contribution in [0.2, 0.25) is 0 Å². The molecule has 1 unspecified atom stereocenters. The van der Waals surface area contributed by atoms with Crippen LogP contribution in [0.25, 0.3) is 33.0 Å². The van der Waals surface area contributed by atoms with Crippen molar-refractivity contribution in [2.24, 2.45) is 11.8 Å². The Morgan fingerprint density at radius 3 is 2.02 bits per heavy atom. The maximum Gasteiger partial charge on any atom is 0.416 e. The van der Waals surface area contributed by atoms with Crippen molar-refractivity contribution in [2.75, 3.05) is 6.26 Å². The largest absolute Gasteiger partial charge is 0.478 e. The van der Waals surface area contributed by atoms with E-state index < -0.39 is 27.5 Å². The highest BCUT2D eigenvalue weighted by Gasteiger charge is 2.49. The fourth-order valence-corrected chi connectivity index (χ4v) is 8.35. The van der Waals surface area contributed by atoms with Crippen LogP contribution in [0, 0.1) is 11.8 Å². The Morgan fingerprint density at radius 1 is 0.800 bits per heavy atom. The molecule has 0 aliphatic heterocycles. The summed E-state index contributed by atoms with van der Waals surface area (Å²) in [5.74, 6) is -0.178. The van der Waals surface area contributed by atoms with E-state index in [9.17, 15) is 31.5 Å². The van der Waals surface area contributed by atoms with Crippen LogP contribution in [-0.4, -0.2) is 31.0 Å². The molecule has 2 fully saturated rings. The zero-order valence-electron chi connectivity index (χ0n) is 21.7. The summed E-state index contributed by atoms with van der Waals surface area (Å²) in [5.41, 5.74) is 3.47. The molecule has 0 radical (unpaired) electrons. The van der Waals surface area contributed by atoms with Gasteiger partial charge in [0.1, 0.15) is 0 Å². The number of carboxylic acids is 1. The third-order valence-corrected chi connectivity index (χ3v) is 10.4. The summed E-state index contributed by atoms with van der Waals surface area (Å²) >= 11 is 0. The van der Waals surface area contributed by atoms with Crippen LogP contribution in [0.1, 0.15) is 46.7 Å². The van der Waals surface area contributed by atoms with Gasteiger partial charge in [-0.25, -0.2) is 13.2 Å². The fourth-order valence-electron chi connectivity index (χ4n) is 6.83. The van der Waals surface area contributed by atoms with Gasteiger partial charge in [0.25, 0.3) is 0 Å². The second kappa shape index (κ2) is 9.47. The fraction of sp³-hybridized carbons (Fsp3) is 0.281. The predicted octanol–water partition coefficient (Wildman–Crippen LogP) is 7.82. The van der Waals surface area contributed by atoms with Crippen LogP contribution in [-0.2, 0) is 16.0 Å². The normalized spacial score (nSPS) is 22.6. The minimum Gasteiger partial charge on any atom is -0.478 e. The number of aromatic carboxylic acids is 1. The van der Waals surface area contributed by atoms with Crippen molar-refractivity contribution in [3.63, 3.8) is 0 Å². The first-order valence-electron chi connectivity index (χ1n) is 13.2. The highest BCUT2D eigenvalue weighted by molar-refractivity contribution is 7.91. The molecular formula is C32H27F3O4S. The lowest BCUT2D eigenvalue weighted by Crippen LogP contribution is -2.28. The van der Waals surface area contributed by atoms with E-state index in [0.717, 1.165) is 41.5 Å². The van der Waals surface area contributed by atoms with Gasteiger partial charge in [-0.3, -0.25) is 0 Å². The van der Waals surface area contributed by atoms with E-state index >= 15 is 0 Å². The number of carboxylic acid groups (broad SMARTS) is 1. The Kier molecular flexibility index (Phi) is 6.29. The molecule has 0 amide bonds. The molecule has 2 aliphatic carbocycles. The van der Waals surface area contributed by atoms with Gasteiger partial charge in [0.05, 0.1) is 16.4 Å². The first-order chi connectivity index (χ1) is 18.9. The summed E-state index contributed by atoms with van der Waals surface area (Å²) in [6.45, 7) is 0. The van der Waals surface area contributed by atoms with Gasteiger partial charge in [-0.2, -0.15) is 13.2 Å². The number of sulfone groups is 1. The summed E-state index contributed by atoms with van der Waals surface area (Å²) < 4.78 is 63.2. The van der Waals surface area contributed by atoms with Crippen LogP contribution < -0.4 is 0 Å². The minimum absolute atomic E-state index is 0.121. The number of fused-ring (bicyclic) bond motifs is 3. The van der Waals surface area contributed by atoms with Crippen LogP contribution in [0.15, 0.2) is 78.9 Å². The molecule has 0 aromatic heterocycles. The van der Waals surface area contributed by atoms with Crippen molar-refractivity contribution in [3.05, 3.63) is 95.6 Å². The Balaban J connectivity index is 1.33. The van der Waals surface area contributed by atoms with Crippen molar-refractivity contribution in [3.8, 4) is 22.3 Å². The van der Waals surface area contributed by atoms with E-state index in [2.05, 4.69) is 12.1 Å². The minimum atomic E-state index is -4.42. The number of carbonyl (C=O) groups is 1. The van der Waals surface area contributed by atoms with Crippen LogP contribution in [0.3, 0.4) is 0 Å². The molecule has 4 nitrogen and oxygen atoms in total. The third-order valence-electron chi connectivity index (χ3n) is 8.74. The standard InChI is InChI=1S/C32H27F3O4S/c1-40(38,39)30-17-23-13-24(30)15-28(23)19-2-4-20(5-3-19)29-16-25(31(36)37)14-22-12-21(8-11-27(22)29)18-6-9-26(10-7-18)32(33,34)35/h2-12,14,16,23-24,28,30H,13,15,17H2,1H3,(H,36,37)/t23-,24-,28-,30?/m1/s1. The van der Waals surface area contributed by atoms with Gasteiger partial charge in [-0.15, -0.1) is 0 Å². The van der Waals surface area contributed by atoms with E-state index in [1.54, 1.807) is 18.2 Å². The van der Waals surface area contributed by atoms with Gasteiger partial charge in [-0.1, -0.05) is 48.5 Å². The zero-order chi connectivity index (χ0) is 28.4. The van der Waals surface area contributed by atoms with Gasteiger partial charge in [0.2, 0.25) is 0 Å². The molecule has 2 bridgehead atoms. The summed E-state index contributed by atoms with van der Waals surface area (Å²) in [6.07, 6.45) is -0.562. The maximum absolute atomic E-state index is 13.0. The van der Waals surface area contributed by atoms with Crippen molar-refractivity contribution >= 4 is 26.6 Å². The summed E-state index contributed by atoms with van der Waals surface area (Å²) in [7, 11) is -3.04. The molecule has 0 heterocycles. The average molecular weight is 565 g/mol. The molecule has 0 saturated heterocycles. The zero-order valence-corrected chi connectivity index (χ0v) is 22.5. The van der Waals surface area contributed by atoms with Crippen molar-refractivity contribution < 1.29 is 31.5 Å². The molecule has 8 heteroatoms. The molecule has 4 aromatic carbocycles. The quantitative estimate of drug-likeness (QED) is 0.268. The number of halogens is 3. The van der Waals surface area contributed by atoms with E-state index in [-0.39, 0.29) is 16.7 Å². The second-order valence-corrected chi connectivity index (χ2v) is 13.4. The number of rotatable bonds is 5. The predicted molar refractivity (Wildman–Crippen MR) is 149 cm³/mol. The first-order valence-corrected chi connectivity index (χ1v) is 15.1. The molecule has 1 N–H and O–H groups in total. The summed E-state index contributed by atoms with van der Waals surface area (Å²) in [6, 6.07) is 21.7. The number of hydrogen-bond donors (Lipinski definition) is 1. The van der Waals surface area contributed by atoms with Gasteiger partial charge >= 0.3 is 12.1 Å². The molecule has 2 aliphatic rings. The van der Waals surface area contributed by atoms with E-state index in [4.69, 9.17) is 0 Å². The molecule has 6 rings (SSSR count). The van der Waals surface area contributed by atoms with E-state index in [1.165, 1.54) is 24.0 Å². The molecule has 2 saturated carbocycles. The van der Waals surface area contributed by atoms with Crippen LogP contribution >= 0.6 is 0 Å². The lowest BCUT2D eigenvalue weighted by Gasteiger charge is -2.27. The smallest absolute Gasteiger partial charge is 0.416 e. The Bertz CT molecular complexity index is 1730. The Labute approximate surface area is 230 Å². The molecule has 206 valence electrons. The average Bonchev–Trinajstić information content (AvgIpc) is 3.53. The number of benzene rings is 4. The summed E-state index contributed by atoms with van der Waals surface area (Å²) in [4.78, 5) is 12.0. The molecule has 4 aromatic rings. The first kappa shape index (κ1) is 26.6. The van der Waals surface area contributed by atoms with Crippen molar-refractivity contribution in [2.45, 2.75) is 36.6 Å². The van der Waals surface area contributed by atoms with E-state index in [0.29, 0.717) is 34.8 Å².